The molecule has 0 fully saturated rings. The number of sulfonamides is 1. The van der Waals surface area contributed by atoms with Crippen LogP contribution in [0.5, 0.6) is 17.2 Å². The molecule has 8 nitrogen and oxygen atoms in total. The van der Waals surface area contributed by atoms with Gasteiger partial charge < -0.3 is 20.3 Å². The minimum absolute atomic E-state index is 0.0217. The Morgan fingerprint density at radius 1 is 1.04 bits per heavy atom. The highest BCUT2D eigenvalue weighted by atomic mass is 32.2. The van der Waals surface area contributed by atoms with Crippen LogP contribution in [0.3, 0.4) is 0 Å². The van der Waals surface area contributed by atoms with Gasteiger partial charge in [0.2, 0.25) is 10.0 Å². The molecule has 0 bridgehead atoms. The zero-order chi connectivity index (χ0) is 19.2. The number of hydrogen-bond acceptors (Lipinski definition) is 6. The molecule has 0 aliphatic carbocycles. The van der Waals surface area contributed by atoms with Gasteiger partial charge in [0.1, 0.15) is 17.2 Å². The van der Waals surface area contributed by atoms with Gasteiger partial charge in [-0.15, -0.1) is 0 Å². The normalized spacial score (nSPS) is 11.1. The van der Waals surface area contributed by atoms with Gasteiger partial charge in [0, 0.05) is 24.7 Å². The maximum Gasteiger partial charge on any atom is 0.251 e. The van der Waals surface area contributed by atoms with Gasteiger partial charge in [-0.05, 0) is 43.3 Å². The van der Waals surface area contributed by atoms with E-state index in [-0.39, 0.29) is 35.0 Å². The van der Waals surface area contributed by atoms with E-state index in [0.29, 0.717) is 12.4 Å². The lowest BCUT2D eigenvalue weighted by atomic mass is 10.2. The van der Waals surface area contributed by atoms with Gasteiger partial charge in [-0.25, -0.2) is 13.1 Å². The molecule has 140 valence electrons. The van der Waals surface area contributed by atoms with Crippen LogP contribution in [-0.4, -0.2) is 44.2 Å². The number of aromatic hydroxyl groups is 2. The predicted octanol–water partition coefficient (Wildman–Crippen LogP) is 1.20. The van der Waals surface area contributed by atoms with Gasteiger partial charge in [-0.3, -0.25) is 4.79 Å². The van der Waals surface area contributed by atoms with E-state index in [1.54, 1.807) is 12.1 Å². The maximum atomic E-state index is 12.2. The third-order valence-corrected chi connectivity index (χ3v) is 4.79. The van der Waals surface area contributed by atoms with Crippen LogP contribution in [0.25, 0.3) is 0 Å². The summed E-state index contributed by atoms with van der Waals surface area (Å²) in [5.41, 5.74) is 0.0665. The van der Waals surface area contributed by atoms with Crippen molar-refractivity contribution in [2.24, 2.45) is 0 Å². The van der Waals surface area contributed by atoms with Crippen LogP contribution >= 0.6 is 0 Å². The lowest BCUT2D eigenvalue weighted by molar-refractivity contribution is 0.0953. The highest BCUT2D eigenvalue weighted by molar-refractivity contribution is 7.89. The monoisotopic (exact) mass is 380 g/mol. The third kappa shape index (κ3) is 5.36. The van der Waals surface area contributed by atoms with Crippen LogP contribution in [0.4, 0.5) is 0 Å². The molecule has 0 saturated carbocycles. The summed E-state index contributed by atoms with van der Waals surface area (Å²) in [5.74, 6) is -0.456. The molecule has 2 rings (SSSR count). The van der Waals surface area contributed by atoms with E-state index in [9.17, 15) is 23.4 Å². The first-order valence-electron chi connectivity index (χ1n) is 7.85. The van der Waals surface area contributed by atoms with Gasteiger partial charge >= 0.3 is 0 Å². The standard InChI is InChI=1S/C17H20N2O6S/c1-2-25-15-3-5-16(6-4-15)26(23,24)19-8-7-18-17(22)12-9-13(20)11-14(21)10-12/h3-6,9-11,19-21H,2,7-8H2,1H3,(H,18,22). The highest BCUT2D eigenvalue weighted by Gasteiger charge is 2.14. The Bertz CT molecular complexity index is 845. The molecule has 0 aliphatic heterocycles. The van der Waals surface area contributed by atoms with E-state index in [1.807, 2.05) is 6.92 Å². The number of ether oxygens (including phenoxy) is 1. The first kappa shape index (κ1) is 19.5. The quantitative estimate of drug-likeness (QED) is 0.510. The van der Waals surface area contributed by atoms with Crippen molar-refractivity contribution in [1.82, 2.24) is 10.0 Å². The molecule has 9 heteroatoms. The fraction of sp³-hybridized carbons (Fsp3) is 0.235. The number of hydrogen-bond donors (Lipinski definition) is 4. The van der Waals surface area contributed by atoms with Crippen LogP contribution in [0.2, 0.25) is 0 Å². The minimum atomic E-state index is -3.70. The zero-order valence-electron chi connectivity index (χ0n) is 14.1. The van der Waals surface area contributed by atoms with Gasteiger partial charge in [-0.1, -0.05) is 0 Å². The Morgan fingerprint density at radius 2 is 1.65 bits per heavy atom. The molecule has 0 spiro atoms. The maximum absolute atomic E-state index is 12.2. The second-order valence-corrected chi connectivity index (χ2v) is 7.06. The number of carbonyl (C=O) groups excluding carboxylic acids is 1. The summed E-state index contributed by atoms with van der Waals surface area (Å²) in [6.45, 7) is 2.33. The Balaban J connectivity index is 1.87. The van der Waals surface area contributed by atoms with Crippen molar-refractivity contribution in [2.45, 2.75) is 11.8 Å². The molecular formula is C17H20N2O6S. The number of rotatable bonds is 8. The van der Waals surface area contributed by atoms with E-state index < -0.39 is 15.9 Å². The molecule has 26 heavy (non-hydrogen) atoms. The van der Waals surface area contributed by atoms with Crippen molar-refractivity contribution in [2.75, 3.05) is 19.7 Å². The largest absolute Gasteiger partial charge is 0.508 e. The topological polar surface area (TPSA) is 125 Å². The second-order valence-electron chi connectivity index (χ2n) is 5.30. The fourth-order valence-electron chi connectivity index (χ4n) is 2.15. The van der Waals surface area contributed by atoms with Crippen molar-refractivity contribution >= 4 is 15.9 Å². The molecule has 0 aliphatic rings. The number of benzene rings is 2. The van der Waals surface area contributed by atoms with E-state index >= 15 is 0 Å². The van der Waals surface area contributed by atoms with Crippen molar-refractivity contribution in [1.29, 1.82) is 0 Å². The Hall–Kier alpha value is -2.78. The summed E-state index contributed by atoms with van der Waals surface area (Å²) in [4.78, 5) is 12.0. The van der Waals surface area contributed by atoms with Crippen molar-refractivity contribution in [3.05, 3.63) is 48.0 Å². The van der Waals surface area contributed by atoms with Crippen LogP contribution in [0, 0.1) is 0 Å². The fourth-order valence-corrected chi connectivity index (χ4v) is 3.19. The van der Waals surface area contributed by atoms with Gasteiger partial charge in [-0.2, -0.15) is 0 Å². The van der Waals surface area contributed by atoms with Crippen LogP contribution in [0.1, 0.15) is 17.3 Å². The zero-order valence-corrected chi connectivity index (χ0v) is 14.9. The summed E-state index contributed by atoms with van der Waals surface area (Å²) in [6.07, 6.45) is 0. The summed E-state index contributed by atoms with van der Waals surface area (Å²) < 4.78 is 32.0. The first-order chi connectivity index (χ1) is 12.3. The van der Waals surface area contributed by atoms with Crippen molar-refractivity contribution < 1.29 is 28.2 Å². The third-order valence-electron chi connectivity index (χ3n) is 3.31. The minimum Gasteiger partial charge on any atom is -0.508 e. The van der Waals surface area contributed by atoms with E-state index in [2.05, 4.69) is 10.0 Å². The molecular weight excluding hydrogens is 360 g/mol. The number of carbonyl (C=O) groups is 1. The van der Waals surface area contributed by atoms with Crippen LogP contribution in [-0.2, 0) is 10.0 Å². The molecule has 2 aromatic rings. The molecule has 0 unspecified atom stereocenters. The Kier molecular flexibility index (Phi) is 6.42. The highest BCUT2D eigenvalue weighted by Crippen LogP contribution is 2.20. The van der Waals surface area contributed by atoms with E-state index in [1.165, 1.54) is 24.3 Å². The SMILES string of the molecule is CCOc1ccc(S(=O)(=O)NCCNC(=O)c2cc(O)cc(O)c2)cc1. The van der Waals surface area contributed by atoms with Crippen molar-refractivity contribution in [3.8, 4) is 17.2 Å². The van der Waals surface area contributed by atoms with Gasteiger partial charge in [0.15, 0.2) is 0 Å². The Labute approximate surface area is 151 Å². The molecule has 0 aromatic heterocycles. The number of phenolic OH excluding ortho intramolecular Hbond substituents is 2. The molecule has 0 heterocycles. The molecule has 0 atom stereocenters. The van der Waals surface area contributed by atoms with Gasteiger partial charge in [0.25, 0.3) is 5.91 Å². The predicted molar refractivity (Wildman–Crippen MR) is 94.9 cm³/mol. The average molecular weight is 380 g/mol. The Morgan fingerprint density at radius 3 is 2.23 bits per heavy atom. The molecule has 2 aromatic carbocycles. The smallest absolute Gasteiger partial charge is 0.251 e. The number of amides is 1. The summed E-state index contributed by atoms with van der Waals surface area (Å²) in [5, 5.41) is 21.2. The van der Waals surface area contributed by atoms with E-state index in [0.717, 1.165) is 6.07 Å². The summed E-state index contributed by atoms with van der Waals surface area (Å²) in [6, 6.07) is 9.48. The molecule has 1 amide bonds. The second kappa shape index (κ2) is 8.54. The summed E-state index contributed by atoms with van der Waals surface area (Å²) >= 11 is 0. The number of phenols is 2. The van der Waals surface area contributed by atoms with Crippen LogP contribution < -0.4 is 14.8 Å². The number of nitrogens with one attached hydrogen (secondary N) is 2. The molecule has 0 radical (unpaired) electrons. The summed E-state index contributed by atoms with van der Waals surface area (Å²) in [7, 11) is -3.70. The lowest BCUT2D eigenvalue weighted by Crippen LogP contribution is -2.34. The molecule has 4 N–H and O–H groups in total. The molecule has 0 saturated heterocycles. The lowest BCUT2D eigenvalue weighted by Gasteiger charge is -2.09. The van der Waals surface area contributed by atoms with E-state index in [4.69, 9.17) is 4.74 Å². The average Bonchev–Trinajstić information content (AvgIpc) is 2.58. The van der Waals surface area contributed by atoms with Crippen molar-refractivity contribution in [3.63, 3.8) is 0 Å². The first-order valence-corrected chi connectivity index (χ1v) is 9.34. The van der Waals surface area contributed by atoms with Crippen LogP contribution in [0.15, 0.2) is 47.4 Å². The van der Waals surface area contributed by atoms with Gasteiger partial charge in [0.05, 0.1) is 11.5 Å².